The second-order valence-corrected chi connectivity index (χ2v) is 17.4. The van der Waals surface area contributed by atoms with E-state index in [1.807, 2.05) is 0 Å². The molecule has 13 heteroatoms. The Labute approximate surface area is 280 Å². The van der Waals surface area contributed by atoms with Crippen LogP contribution in [0.4, 0.5) is 52.7 Å². The van der Waals surface area contributed by atoms with Crippen molar-refractivity contribution in [2.45, 2.75) is 138 Å². The topological polar surface area (TPSA) is 0 Å². The lowest BCUT2D eigenvalue weighted by Gasteiger charge is -2.46. The molecule has 49 heavy (non-hydrogen) atoms. The Morgan fingerprint density at radius 1 is 0.449 bits per heavy atom. The maximum absolute atomic E-state index is 14.1. The lowest BCUT2D eigenvalue weighted by Crippen LogP contribution is -2.33. The van der Waals surface area contributed by atoms with Crippen LogP contribution in [-0.4, -0.2) is 17.0 Å². The minimum absolute atomic E-state index is 0.0167. The van der Waals surface area contributed by atoms with Crippen LogP contribution in [0, 0.1) is 11.8 Å². The van der Waals surface area contributed by atoms with Crippen LogP contribution in [0.25, 0.3) is 0 Å². The number of hydrogen-bond donors (Lipinski definition) is 0. The summed E-state index contributed by atoms with van der Waals surface area (Å²) in [5.74, 6) is -2.62. The molecule has 0 amide bonds. The third-order valence-corrected chi connectivity index (χ3v) is 15.1. The van der Waals surface area contributed by atoms with E-state index >= 15 is 0 Å². The van der Waals surface area contributed by atoms with Gasteiger partial charge in [-0.1, -0.05) is 59.8 Å². The molecule has 0 radical (unpaired) electrons. The van der Waals surface area contributed by atoms with E-state index < -0.39 is 77.8 Å². The van der Waals surface area contributed by atoms with Gasteiger partial charge in [-0.15, -0.1) is 0 Å². The van der Waals surface area contributed by atoms with E-state index in [1.165, 1.54) is 0 Å². The Morgan fingerprint density at radius 2 is 0.776 bits per heavy atom. The smallest absolute Gasteiger partial charge is 0.166 e. The molecule has 0 N–H and O–H groups in total. The van der Waals surface area contributed by atoms with Gasteiger partial charge in [0, 0.05) is 5.92 Å². The Bertz CT molecular complexity index is 1250. The SMILES string of the molecule is C[C@H](C1CCCC1C(c1cc(C(F)(F)F)cc(C(F)(F)F)c1)c1cc(C(F)(F)F)cc(C(F)(F)F)c1)P(C1CCCCC1)C1CCCCC1. The van der Waals surface area contributed by atoms with Gasteiger partial charge >= 0.3 is 24.7 Å². The number of alkyl halides is 12. The Kier molecular flexibility index (Phi) is 11.4. The molecule has 3 saturated carbocycles. The van der Waals surface area contributed by atoms with E-state index in [1.54, 1.807) is 0 Å². The maximum Gasteiger partial charge on any atom is 0.416 e. The monoisotopic (exact) mass is 732 g/mol. The molecule has 5 rings (SSSR count). The fourth-order valence-electron chi connectivity index (χ4n) is 8.98. The highest BCUT2D eigenvalue weighted by Gasteiger charge is 2.47. The molecular formula is C36H41F12P. The number of benzene rings is 2. The molecule has 0 aromatic heterocycles. The van der Waals surface area contributed by atoms with Crippen molar-refractivity contribution >= 4 is 7.92 Å². The van der Waals surface area contributed by atoms with Crippen LogP contribution in [0.2, 0.25) is 0 Å². The zero-order chi connectivity index (χ0) is 35.9. The largest absolute Gasteiger partial charge is 0.416 e. The molecular weight excluding hydrogens is 691 g/mol. The lowest BCUT2D eigenvalue weighted by molar-refractivity contribution is -0.144. The normalized spacial score (nSPS) is 23.1. The maximum atomic E-state index is 14.1. The average Bonchev–Trinajstić information content (AvgIpc) is 3.50. The molecule has 0 spiro atoms. The van der Waals surface area contributed by atoms with Crippen LogP contribution in [0.3, 0.4) is 0 Å². The highest BCUT2D eigenvalue weighted by molar-refractivity contribution is 7.59. The number of hydrogen-bond acceptors (Lipinski definition) is 0. The molecule has 0 aliphatic heterocycles. The predicted octanol–water partition coefficient (Wildman–Crippen LogP) is 13.8. The van der Waals surface area contributed by atoms with Crippen molar-refractivity contribution in [2.24, 2.45) is 11.8 Å². The third kappa shape index (κ3) is 8.92. The quantitative estimate of drug-likeness (QED) is 0.196. The van der Waals surface area contributed by atoms with Gasteiger partial charge in [-0.2, -0.15) is 52.7 Å². The van der Waals surface area contributed by atoms with Crippen molar-refractivity contribution < 1.29 is 52.7 Å². The zero-order valence-electron chi connectivity index (χ0n) is 27.1. The number of rotatable bonds is 7. The van der Waals surface area contributed by atoms with Gasteiger partial charge in [-0.05, 0) is 115 Å². The zero-order valence-corrected chi connectivity index (χ0v) is 28.0. The van der Waals surface area contributed by atoms with Gasteiger partial charge in [-0.3, -0.25) is 0 Å². The Morgan fingerprint density at radius 3 is 1.10 bits per heavy atom. The molecule has 3 aliphatic rings. The first-order valence-electron chi connectivity index (χ1n) is 17.1. The minimum atomic E-state index is -5.25. The van der Waals surface area contributed by atoms with Crippen molar-refractivity contribution in [1.82, 2.24) is 0 Å². The van der Waals surface area contributed by atoms with Crippen molar-refractivity contribution in [1.29, 1.82) is 0 Å². The second-order valence-electron chi connectivity index (χ2n) is 14.2. The second kappa shape index (κ2) is 14.6. The fourth-order valence-corrected chi connectivity index (χ4v) is 13.6. The summed E-state index contributed by atoms with van der Waals surface area (Å²) in [6.45, 7) is 2.08. The van der Waals surface area contributed by atoms with Gasteiger partial charge in [0.1, 0.15) is 0 Å². The Hall–Kier alpha value is -1.97. The summed E-state index contributed by atoms with van der Waals surface area (Å²) in [6.07, 6.45) is -9.07. The van der Waals surface area contributed by atoms with Gasteiger partial charge < -0.3 is 0 Å². The molecule has 2 aromatic rings. The predicted molar refractivity (Wildman–Crippen MR) is 166 cm³/mol. The fraction of sp³-hybridized carbons (Fsp3) is 0.667. The highest BCUT2D eigenvalue weighted by atomic mass is 31.1. The van der Waals surface area contributed by atoms with Gasteiger partial charge in [0.25, 0.3) is 0 Å². The minimum Gasteiger partial charge on any atom is -0.166 e. The van der Waals surface area contributed by atoms with Gasteiger partial charge in [0.05, 0.1) is 22.3 Å². The third-order valence-electron chi connectivity index (χ3n) is 11.1. The molecule has 3 aliphatic carbocycles. The summed E-state index contributed by atoms with van der Waals surface area (Å²) in [5.41, 5.74) is -6.92. The first kappa shape index (κ1) is 38.3. The van der Waals surface area contributed by atoms with Crippen molar-refractivity contribution in [3.63, 3.8) is 0 Å². The molecule has 0 nitrogen and oxygen atoms in total. The van der Waals surface area contributed by atoms with Gasteiger partial charge in [0.2, 0.25) is 0 Å². The van der Waals surface area contributed by atoms with Crippen LogP contribution >= 0.6 is 7.92 Å². The van der Waals surface area contributed by atoms with E-state index in [-0.39, 0.29) is 30.1 Å². The van der Waals surface area contributed by atoms with Gasteiger partial charge in [0.15, 0.2) is 0 Å². The van der Waals surface area contributed by atoms with Crippen LogP contribution in [0.15, 0.2) is 36.4 Å². The van der Waals surface area contributed by atoms with Crippen LogP contribution in [0.5, 0.6) is 0 Å². The van der Waals surface area contributed by atoms with E-state index in [0.717, 1.165) is 64.2 Å². The van der Waals surface area contributed by atoms with E-state index in [0.29, 0.717) is 48.4 Å². The summed E-state index contributed by atoms with van der Waals surface area (Å²) in [5, 5.41) is 0. The first-order chi connectivity index (χ1) is 22.7. The first-order valence-corrected chi connectivity index (χ1v) is 18.7. The van der Waals surface area contributed by atoms with Crippen molar-refractivity contribution in [3.8, 4) is 0 Å². The van der Waals surface area contributed by atoms with Crippen molar-refractivity contribution in [2.75, 3.05) is 0 Å². The van der Waals surface area contributed by atoms with Gasteiger partial charge in [-0.25, -0.2) is 0 Å². The summed E-state index contributed by atoms with van der Waals surface area (Å²) in [4.78, 5) is 0. The molecule has 0 heterocycles. The van der Waals surface area contributed by atoms with Crippen molar-refractivity contribution in [3.05, 3.63) is 69.8 Å². The summed E-state index contributed by atoms with van der Waals surface area (Å²) in [6, 6.07) is 1.82. The average molecular weight is 733 g/mol. The molecule has 3 fully saturated rings. The van der Waals surface area contributed by atoms with E-state index in [4.69, 9.17) is 0 Å². The van der Waals surface area contributed by atoms with Crippen LogP contribution < -0.4 is 0 Å². The number of halogens is 12. The Balaban J connectivity index is 1.71. The lowest BCUT2D eigenvalue weighted by atomic mass is 9.73. The molecule has 3 atom stereocenters. The molecule has 274 valence electrons. The van der Waals surface area contributed by atoms with Crippen LogP contribution in [-0.2, 0) is 24.7 Å². The summed E-state index contributed by atoms with van der Waals surface area (Å²) in [7, 11) is -0.677. The highest BCUT2D eigenvalue weighted by Crippen LogP contribution is 2.64. The summed E-state index contributed by atoms with van der Waals surface area (Å²) < 4.78 is 169. The molecule has 2 aromatic carbocycles. The molecule has 0 bridgehead atoms. The molecule has 0 saturated heterocycles. The summed E-state index contributed by atoms with van der Waals surface area (Å²) >= 11 is 0. The standard InChI is InChI=1S/C36H41F12P/c1-21(49(28-9-4-2-5-10-28)29-11-6-3-7-12-29)30-13-8-14-31(30)32(22-15-24(33(37,38)39)19-25(16-22)34(40,41)42)23-17-26(35(43,44)45)20-27(18-23)36(46,47)48/h15-21,28-32H,2-14H2,1H3/t21-,30?,31?/m1/s1. The molecule has 2 unspecified atom stereocenters. The van der Waals surface area contributed by atoms with E-state index in [9.17, 15) is 52.7 Å². The van der Waals surface area contributed by atoms with E-state index in [2.05, 4.69) is 6.92 Å². The van der Waals surface area contributed by atoms with Crippen LogP contribution in [0.1, 0.15) is 130 Å².